The van der Waals surface area contributed by atoms with E-state index in [4.69, 9.17) is 0 Å². The molecule has 0 bridgehead atoms. The van der Waals surface area contributed by atoms with Gasteiger partial charge in [-0.1, -0.05) is 24.8 Å². The number of nitriles is 1. The van der Waals surface area contributed by atoms with Crippen molar-refractivity contribution in [3.05, 3.63) is 71.9 Å². The Bertz CT molecular complexity index is 1150. The normalized spacial score (nSPS) is 10.8. The molecule has 24 heavy (non-hydrogen) atoms. The summed E-state index contributed by atoms with van der Waals surface area (Å²) in [4.78, 5) is 5.67. The lowest BCUT2D eigenvalue weighted by Crippen LogP contribution is -1.85. The maximum Gasteiger partial charge on any atom is 0.0998 e. The van der Waals surface area contributed by atoms with Crippen molar-refractivity contribution in [1.82, 2.24) is 4.98 Å². The molecule has 0 unspecified atom stereocenters. The summed E-state index contributed by atoms with van der Waals surface area (Å²) < 4.78 is 1.14. The van der Waals surface area contributed by atoms with Gasteiger partial charge in [-0.05, 0) is 48.4 Å². The van der Waals surface area contributed by atoms with Gasteiger partial charge in [0.05, 0.1) is 17.1 Å². The highest BCUT2D eigenvalue weighted by atomic mass is 32.1. The fourth-order valence-corrected chi connectivity index (χ4v) is 4.42. The zero-order chi connectivity index (χ0) is 16.7. The predicted octanol–water partition coefficient (Wildman–Crippen LogP) is 5.94. The minimum absolute atomic E-state index is 0.734. The Morgan fingerprint density at radius 3 is 2.88 bits per heavy atom. The molecule has 4 rings (SSSR count). The Morgan fingerprint density at radius 2 is 2.08 bits per heavy atom. The summed E-state index contributed by atoms with van der Waals surface area (Å²) in [6, 6.07) is 16.4. The Morgan fingerprint density at radius 1 is 1.21 bits per heavy atom. The van der Waals surface area contributed by atoms with Crippen molar-refractivity contribution < 1.29 is 0 Å². The monoisotopic (exact) mass is 326 g/mol. The Labute approximate surface area is 144 Å². The molecule has 0 fully saturated rings. The second-order valence-electron chi connectivity index (χ2n) is 5.69. The second-order valence-corrected chi connectivity index (χ2v) is 6.74. The van der Waals surface area contributed by atoms with E-state index in [1.807, 2.05) is 36.5 Å². The number of hydrogen-bond donors (Lipinski definition) is 0. The minimum atomic E-state index is 0.734. The molecular formula is C21H14N2S. The number of aromatic nitrogens is 1. The number of hydrogen-bond acceptors (Lipinski definition) is 3. The lowest BCUT2D eigenvalue weighted by Gasteiger charge is -2.06. The first-order chi connectivity index (χ1) is 11.7. The zero-order valence-corrected chi connectivity index (χ0v) is 14.0. The van der Waals surface area contributed by atoms with E-state index in [0.29, 0.717) is 0 Å². The molecule has 0 saturated carbocycles. The standard InChI is InChI=1S/C21H14N2S/c1-3-14-7-8-18-17(11-14)16(9-10-23-18)21-13(2)20-15(12-22)5-4-6-19(20)24-21/h3-11H,1H2,2H3. The molecule has 4 aromatic rings. The lowest BCUT2D eigenvalue weighted by molar-refractivity contribution is 1.41. The number of fused-ring (bicyclic) bond motifs is 2. The largest absolute Gasteiger partial charge is 0.256 e. The predicted molar refractivity (Wildman–Crippen MR) is 102 cm³/mol. The molecule has 0 aliphatic carbocycles. The second kappa shape index (κ2) is 5.59. The Kier molecular flexibility index (Phi) is 3.41. The van der Waals surface area contributed by atoms with E-state index in [-0.39, 0.29) is 0 Å². The van der Waals surface area contributed by atoms with Gasteiger partial charge in [-0.3, -0.25) is 4.98 Å². The summed E-state index contributed by atoms with van der Waals surface area (Å²) in [5.74, 6) is 0. The van der Waals surface area contributed by atoms with Gasteiger partial charge in [0, 0.05) is 32.1 Å². The third-order valence-electron chi connectivity index (χ3n) is 4.32. The van der Waals surface area contributed by atoms with Gasteiger partial charge in [-0.15, -0.1) is 11.3 Å². The topological polar surface area (TPSA) is 36.7 Å². The molecule has 0 spiro atoms. The molecule has 0 N–H and O–H groups in total. The average Bonchev–Trinajstić information content (AvgIpc) is 2.97. The summed E-state index contributed by atoms with van der Waals surface area (Å²) in [7, 11) is 0. The van der Waals surface area contributed by atoms with E-state index in [0.717, 1.165) is 43.2 Å². The SMILES string of the molecule is C=Cc1ccc2nccc(-c3sc4cccc(C#N)c4c3C)c2c1. The number of benzene rings is 2. The van der Waals surface area contributed by atoms with Gasteiger partial charge in [0.1, 0.15) is 0 Å². The van der Waals surface area contributed by atoms with Crippen LogP contribution in [0, 0.1) is 18.3 Å². The molecule has 2 nitrogen and oxygen atoms in total. The van der Waals surface area contributed by atoms with Crippen molar-refractivity contribution >= 4 is 38.4 Å². The lowest BCUT2D eigenvalue weighted by atomic mass is 10.0. The Balaban J connectivity index is 2.09. The molecule has 0 amide bonds. The van der Waals surface area contributed by atoms with E-state index in [9.17, 15) is 5.26 Å². The van der Waals surface area contributed by atoms with Crippen LogP contribution in [-0.2, 0) is 0 Å². The molecule has 0 aliphatic heterocycles. The van der Waals surface area contributed by atoms with E-state index in [1.165, 1.54) is 4.88 Å². The smallest absolute Gasteiger partial charge is 0.0998 e. The van der Waals surface area contributed by atoms with Crippen LogP contribution in [0.25, 0.3) is 37.5 Å². The maximum atomic E-state index is 9.41. The van der Waals surface area contributed by atoms with Crippen LogP contribution in [-0.4, -0.2) is 4.98 Å². The molecule has 0 saturated heterocycles. The molecule has 2 heterocycles. The van der Waals surface area contributed by atoms with E-state index in [1.54, 1.807) is 11.3 Å². The summed E-state index contributed by atoms with van der Waals surface area (Å²) in [5, 5.41) is 11.6. The number of pyridine rings is 1. The third kappa shape index (κ3) is 2.12. The minimum Gasteiger partial charge on any atom is -0.256 e. The van der Waals surface area contributed by atoms with E-state index in [2.05, 4.69) is 42.8 Å². The van der Waals surface area contributed by atoms with Crippen LogP contribution in [0.2, 0.25) is 0 Å². The van der Waals surface area contributed by atoms with Crippen LogP contribution >= 0.6 is 11.3 Å². The van der Waals surface area contributed by atoms with Crippen molar-refractivity contribution in [3.63, 3.8) is 0 Å². The molecule has 0 atom stereocenters. The molecule has 3 heteroatoms. The van der Waals surface area contributed by atoms with Crippen molar-refractivity contribution in [3.8, 4) is 16.5 Å². The first kappa shape index (κ1) is 14.6. The summed E-state index contributed by atoms with van der Waals surface area (Å²) >= 11 is 1.73. The van der Waals surface area contributed by atoms with Crippen LogP contribution in [0.1, 0.15) is 16.7 Å². The molecule has 0 radical (unpaired) electrons. The number of aryl methyl sites for hydroxylation is 1. The van der Waals surface area contributed by atoms with Gasteiger partial charge in [0.2, 0.25) is 0 Å². The van der Waals surface area contributed by atoms with Crippen LogP contribution < -0.4 is 0 Å². The van der Waals surface area contributed by atoms with Gasteiger partial charge >= 0.3 is 0 Å². The van der Waals surface area contributed by atoms with Gasteiger partial charge in [-0.25, -0.2) is 0 Å². The quantitative estimate of drug-likeness (QED) is 0.457. The molecule has 2 aromatic heterocycles. The summed E-state index contributed by atoms with van der Waals surface area (Å²) in [6.07, 6.45) is 3.70. The van der Waals surface area contributed by atoms with Gasteiger partial charge in [-0.2, -0.15) is 5.26 Å². The van der Waals surface area contributed by atoms with Gasteiger partial charge in [0.15, 0.2) is 0 Å². The highest BCUT2D eigenvalue weighted by Crippen LogP contribution is 2.41. The molecular weight excluding hydrogens is 312 g/mol. The number of thiophene rings is 1. The van der Waals surface area contributed by atoms with Gasteiger partial charge in [0.25, 0.3) is 0 Å². The highest BCUT2D eigenvalue weighted by Gasteiger charge is 2.15. The highest BCUT2D eigenvalue weighted by molar-refractivity contribution is 7.22. The van der Waals surface area contributed by atoms with Crippen molar-refractivity contribution in [2.45, 2.75) is 6.92 Å². The van der Waals surface area contributed by atoms with Crippen LogP contribution in [0.3, 0.4) is 0 Å². The first-order valence-corrected chi connectivity index (χ1v) is 8.48. The average molecular weight is 326 g/mol. The van der Waals surface area contributed by atoms with Crippen LogP contribution in [0.4, 0.5) is 0 Å². The fourth-order valence-electron chi connectivity index (χ4n) is 3.14. The van der Waals surface area contributed by atoms with Crippen molar-refractivity contribution in [2.24, 2.45) is 0 Å². The Hall–Kier alpha value is -2.96. The van der Waals surface area contributed by atoms with Crippen LogP contribution in [0.5, 0.6) is 0 Å². The first-order valence-electron chi connectivity index (χ1n) is 7.66. The number of nitrogens with zero attached hydrogens (tertiary/aromatic N) is 2. The van der Waals surface area contributed by atoms with Gasteiger partial charge < -0.3 is 0 Å². The maximum absolute atomic E-state index is 9.41. The third-order valence-corrected chi connectivity index (χ3v) is 5.61. The molecule has 0 aliphatic rings. The van der Waals surface area contributed by atoms with Crippen molar-refractivity contribution in [2.75, 3.05) is 0 Å². The van der Waals surface area contributed by atoms with Crippen LogP contribution in [0.15, 0.2) is 55.2 Å². The zero-order valence-electron chi connectivity index (χ0n) is 13.2. The number of rotatable bonds is 2. The molecule has 114 valence electrons. The van der Waals surface area contributed by atoms with E-state index >= 15 is 0 Å². The summed E-state index contributed by atoms with van der Waals surface area (Å²) in [6.45, 7) is 5.96. The summed E-state index contributed by atoms with van der Waals surface area (Å²) in [5.41, 5.74) is 5.09. The van der Waals surface area contributed by atoms with E-state index < -0.39 is 0 Å². The van der Waals surface area contributed by atoms with Crippen molar-refractivity contribution in [1.29, 1.82) is 5.26 Å². The molecule has 2 aromatic carbocycles. The fraction of sp³-hybridized carbons (Fsp3) is 0.0476.